The van der Waals surface area contributed by atoms with Crippen molar-refractivity contribution in [1.29, 1.82) is 0 Å². The largest absolute Gasteiger partial charge is 0.368 e. The molecular weight excluding hydrogens is 210 g/mol. The molecule has 15 heavy (non-hydrogen) atoms. The summed E-state index contributed by atoms with van der Waals surface area (Å²) in [7, 11) is 0. The molecule has 0 saturated heterocycles. The maximum atomic E-state index is 5.89. The zero-order valence-electron chi connectivity index (χ0n) is 9.39. The fourth-order valence-electron chi connectivity index (χ4n) is 1.43. The predicted molar refractivity (Wildman–Crippen MR) is 62.3 cm³/mol. The second kappa shape index (κ2) is 3.63. The summed E-state index contributed by atoms with van der Waals surface area (Å²) in [5.41, 5.74) is 2.58. The lowest BCUT2D eigenvalue weighted by molar-refractivity contribution is 0.608. The topological polar surface area (TPSA) is 37.8 Å². The normalized spacial score (nSPS) is 17.6. The average molecular weight is 226 g/mol. The molecule has 1 heterocycles. The first-order valence-corrected chi connectivity index (χ1v) is 5.63. The summed E-state index contributed by atoms with van der Waals surface area (Å²) in [6, 6.07) is 0. The minimum atomic E-state index is 0.474. The molecule has 0 radical (unpaired) electrons. The maximum absolute atomic E-state index is 5.89. The Morgan fingerprint density at radius 2 is 1.93 bits per heavy atom. The Morgan fingerprint density at radius 3 is 2.53 bits per heavy atom. The van der Waals surface area contributed by atoms with Gasteiger partial charge in [-0.1, -0.05) is 18.5 Å². The monoisotopic (exact) mass is 225 g/mol. The molecule has 1 aliphatic carbocycles. The first kappa shape index (κ1) is 10.7. The van der Waals surface area contributed by atoms with Gasteiger partial charge in [0.05, 0.1) is 0 Å². The molecule has 0 spiro atoms. The molecule has 1 aliphatic rings. The van der Waals surface area contributed by atoms with Crippen LogP contribution in [0.3, 0.4) is 0 Å². The highest BCUT2D eigenvalue weighted by atomic mass is 35.5. The van der Waals surface area contributed by atoms with Crippen molar-refractivity contribution >= 4 is 17.4 Å². The van der Waals surface area contributed by atoms with Crippen LogP contribution in [0.25, 0.3) is 0 Å². The zero-order chi connectivity index (χ0) is 11.1. The van der Waals surface area contributed by atoms with Crippen LogP contribution in [0.15, 0.2) is 0 Å². The molecule has 3 nitrogen and oxygen atoms in total. The first-order chi connectivity index (χ1) is 7.02. The quantitative estimate of drug-likeness (QED) is 0.860. The van der Waals surface area contributed by atoms with Gasteiger partial charge in [0.1, 0.15) is 0 Å². The van der Waals surface area contributed by atoms with Gasteiger partial charge in [0.25, 0.3) is 0 Å². The smallest absolute Gasteiger partial charge is 0.155 e. The van der Waals surface area contributed by atoms with E-state index in [0.717, 1.165) is 23.5 Å². The van der Waals surface area contributed by atoms with Gasteiger partial charge in [-0.15, -0.1) is 10.2 Å². The lowest BCUT2D eigenvalue weighted by Crippen LogP contribution is -2.14. The molecule has 1 aromatic rings. The second-order valence-electron chi connectivity index (χ2n) is 4.75. The van der Waals surface area contributed by atoms with Crippen LogP contribution >= 0.6 is 11.6 Å². The fraction of sp³-hybridized carbons (Fsp3) is 0.636. The van der Waals surface area contributed by atoms with Gasteiger partial charge in [0, 0.05) is 6.54 Å². The molecule has 0 aliphatic heterocycles. The molecule has 2 rings (SSSR count). The van der Waals surface area contributed by atoms with Crippen molar-refractivity contribution < 1.29 is 0 Å². The van der Waals surface area contributed by atoms with E-state index >= 15 is 0 Å². The maximum Gasteiger partial charge on any atom is 0.155 e. The predicted octanol–water partition coefficient (Wildman–Crippen LogP) is 2.96. The molecule has 0 aromatic carbocycles. The first-order valence-electron chi connectivity index (χ1n) is 5.25. The fourth-order valence-corrected chi connectivity index (χ4v) is 1.61. The number of anilines is 1. The molecular formula is C11H16ClN3. The highest BCUT2D eigenvalue weighted by Gasteiger charge is 2.36. The lowest BCUT2D eigenvalue weighted by atomic mass is 10.1. The minimum Gasteiger partial charge on any atom is -0.368 e. The van der Waals surface area contributed by atoms with Gasteiger partial charge in [-0.05, 0) is 43.2 Å². The molecule has 1 fully saturated rings. The number of halogens is 1. The van der Waals surface area contributed by atoms with Gasteiger partial charge >= 0.3 is 0 Å². The van der Waals surface area contributed by atoms with Gasteiger partial charge in [0.15, 0.2) is 11.0 Å². The Balaban J connectivity index is 2.11. The third-order valence-corrected chi connectivity index (χ3v) is 3.61. The molecule has 0 amide bonds. The van der Waals surface area contributed by atoms with Crippen molar-refractivity contribution in [1.82, 2.24) is 10.2 Å². The van der Waals surface area contributed by atoms with Crippen molar-refractivity contribution in [2.24, 2.45) is 5.41 Å². The van der Waals surface area contributed by atoms with E-state index in [2.05, 4.69) is 22.4 Å². The van der Waals surface area contributed by atoms with Gasteiger partial charge in [-0.2, -0.15) is 0 Å². The Kier molecular flexibility index (Phi) is 2.59. The van der Waals surface area contributed by atoms with Crippen LogP contribution in [0.2, 0.25) is 5.15 Å². The minimum absolute atomic E-state index is 0.474. The Hall–Kier alpha value is -0.830. The van der Waals surface area contributed by atoms with Crippen LogP contribution in [0.1, 0.15) is 30.9 Å². The summed E-state index contributed by atoms with van der Waals surface area (Å²) in [5.74, 6) is 0.866. The summed E-state index contributed by atoms with van der Waals surface area (Å²) in [5, 5.41) is 11.8. The van der Waals surface area contributed by atoms with Gasteiger partial charge in [-0.25, -0.2) is 0 Å². The molecule has 1 aromatic heterocycles. The van der Waals surface area contributed by atoms with Gasteiger partial charge < -0.3 is 5.32 Å². The Bertz CT molecular complexity index is 386. The standard InChI is InChI=1S/C11H16ClN3/c1-7-8(2)10(15-14-9(7)12)13-6-11(3)4-5-11/h4-6H2,1-3H3,(H,13,15). The van der Waals surface area contributed by atoms with Gasteiger partial charge in [0.2, 0.25) is 0 Å². The van der Waals surface area contributed by atoms with Crippen molar-refractivity contribution in [3.63, 3.8) is 0 Å². The van der Waals surface area contributed by atoms with E-state index in [4.69, 9.17) is 11.6 Å². The van der Waals surface area contributed by atoms with Crippen LogP contribution < -0.4 is 5.32 Å². The van der Waals surface area contributed by atoms with Crippen LogP contribution in [0.5, 0.6) is 0 Å². The van der Waals surface area contributed by atoms with E-state index < -0.39 is 0 Å². The summed E-state index contributed by atoms with van der Waals surface area (Å²) >= 11 is 5.89. The van der Waals surface area contributed by atoms with E-state index in [0.29, 0.717) is 10.6 Å². The number of nitrogens with zero attached hydrogens (tertiary/aromatic N) is 2. The van der Waals surface area contributed by atoms with E-state index in [-0.39, 0.29) is 0 Å². The summed E-state index contributed by atoms with van der Waals surface area (Å²) in [6.07, 6.45) is 2.61. The molecule has 1 N–H and O–H groups in total. The average Bonchev–Trinajstić information content (AvgIpc) is 2.93. The molecule has 82 valence electrons. The third-order valence-electron chi connectivity index (χ3n) is 3.25. The molecule has 0 unspecified atom stereocenters. The van der Waals surface area contributed by atoms with E-state index in [1.165, 1.54) is 12.8 Å². The second-order valence-corrected chi connectivity index (χ2v) is 5.11. The number of nitrogens with one attached hydrogen (secondary N) is 1. The number of aromatic nitrogens is 2. The van der Waals surface area contributed by atoms with Crippen LogP contribution in [0.4, 0.5) is 5.82 Å². The van der Waals surface area contributed by atoms with Crippen LogP contribution in [0, 0.1) is 19.3 Å². The molecule has 0 bridgehead atoms. The number of hydrogen-bond acceptors (Lipinski definition) is 3. The summed E-state index contributed by atoms with van der Waals surface area (Å²) in [6.45, 7) is 7.25. The zero-order valence-corrected chi connectivity index (χ0v) is 10.1. The summed E-state index contributed by atoms with van der Waals surface area (Å²) < 4.78 is 0. The van der Waals surface area contributed by atoms with Crippen molar-refractivity contribution in [3.05, 3.63) is 16.3 Å². The molecule has 1 saturated carbocycles. The van der Waals surface area contributed by atoms with Crippen molar-refractivity contribution in [3.8, 4) is 0 Å². The van der Waals surface area contributed by atoms with Crippen LogP contribution in [-0.4, -0.2) is 16.7 Å². The van der Waals surface area contributed by atoms with E-state index in [9.17, 15) is 0 Å². The lowest BCUT2D eigenvalue weighted by Gasteiger charge is -2.13. The highest BCUT2D eigenvalue weighted by Crippen LogP contribution is 2.44. The third kappa shape index (κ3) is 2.23. The molecule has 0 atom stereocenters. The number of rotatable bonds is 3. The Labute approximate surface area is 95.2 Å². The van der Waals surface area contributed by atoms with E-state index in [1.54, 1.807) is 0 Å². The van der Waals surface area contributed by atoms with Crippen molar-refractivity contribution in [2.45, 2.75) is 33.6 Å². The summed E-state index contributed by atoms with van der Waals surface area (Å²) in [4.78, 5) is 0. The van der Waals surface area contributed by atoms with E-state index in [1.807, 2.05) is 13.8 Å². The number of hydrogen-bond donors (Lipinski definition) is 1. The highest BCUT2D eigenvalue weighted by molar-refractivity contribution is 6.30. The van der Waals surface area contributed by atoms with Gasteiger partial charge in [-0.3, -0.25) is 0 Å². The van der Waals surface area contributed by atoms with Crippen LogP contribution in [-0.2, 0) is 0 Å². The van der Waals surface area contributed by atoms with Crippen molar-refractivity contribution in [2.75, 3.05) is 11.9 Å². The SMILES string of the molecule is Cc1c(Cl)nnc(NCC2(C)CC2)c1C. The Morgan fingerprint density at radius 1 is 1.27 bits per heavy atom. The molecule has 4 heteroatoms.